The fraction of sp³-hybridized carbons (Fsp3) is 0.588. The number of halogens is 1. The lowest BCUT2D eigenvalue weighted by Crippen LogP contribution is -2.38. The fourth-order valence-electron chi connectivity index (χ4n) is 3.02. The van der Waals surface area contributed by atoms with Gasteiger partial charge in [-0.3, -0.25) is 4.79 Å². The largest absolute Gasteiger partial charge is 0.336 e. The Morgan fingerprint density at radius 2 is 2.24 bits per heavy atom. The molecule has 1 aliphatic heterocycles. The molecular formula is C17H25BrN2O. The summed E-state index contributed by atoms with van der Waals surface area (Å²) in [4.78, 5) is 14.7. The Morgan fingerprint density at radius 1 is 1.48 bits per heavy atom. The lowest BCUT2D eigenvalue weighted by molar-refractivity contribution is -0.133. The Kier molecular flexibility index (Phi) is 6.24. The Morgan fingerprint density at radius 3 is 2.86 bits per heavy atom. The van der Waals surface area contributed by atoms with Crippen LogP contribution in [0.4, 0.5) is 0 Å². The van der Waals surface area contributed by atoms with Crippen LogP contribution in [0.2, 0.25) is 0 Å². The second kappa shape index (κ2) is 7.95. The predicted octanol–water partition coefficient (Wildman–Crippen LogP) is 3.89. The molecule has 1 aliphatic rings. The number of nitrogens with one attached hydrogen (secondary N) is 1. The minimum atomic E-state index is 0.106. The van der Waals surface area contributed by atoms with Gasteiger partial charge in [0.1, 0.15) is 0 Å². The van der Waals surface area contributed by atoms with Crippen LogP contribution >= 0.6 is 15.9 Å². The average molecular weight is 353 g/mol. The third-order valence-electron chi connectivity index (χ3n) is 4.19. The summed E-state index contributed by atoms with van der Waals surface area (Å²) in [5.74, 6) is 0.263. The molecule has 1 N–H and O–H groups in total. The molecule has 4 heteroatoms. The molecule has 1 saturated heterocycles. The van der Waals surface area contributed by atoms with Crippen molar-refractivity contribution < 1.29 is 4.79 Å². The van der Waals surface area contributed by atoms with E-state index >= 15 is 0 Å². The van der Waals surface area contributed by atoms with Crippen LogP contribution in [0.15, 0.2) is 28.7 Å². The van der Waals surface area contributed by atoms with Crippen molar-refractivity contribution in [3.05, 3.63) is 34.3 Å². The van der Waals surface area contributed by atoms with Gasteiger partial charge in [-0.1, -0.05) is 41.1 Å². The van der Waals surface area contributed by atoms with Crippen LogP contribution in [0, 0.1) is 0 Å². The van der Waals surface area contributed by atoms with Gasteiger partial charge >= 0.3 is 0 Å². The molecule has 1 heterocycles. The van der Waals surface area contributed by atoms with E-state index in [1.165, 1.54) is 12.0 Å². The second-order valence-corrected chi connectivity index (χ2v) is 6.64. The summed E-state index contributed by atoms with van der Waals surface area (Å²) in [5, 5.41) is 3.42. The molecule has 21 heavy (non-hydrogen) atoms. The number of rotatable bonds is 6. The Labute approximate surface area is 136 Å². The van der Waals surface area contributed by atoms with Gasteiger partial charge in [0.25, 0.3) is 0 Å². The van der Waals surface area contributed by atoms with E-state index in [2.05, 4.69) is 41.2 Å². The van der Waals surface area contributed by atoms with Crippen LogP contribution in [0.1, 0.15) is 51.1 Å². The molecule has 2 rings (SSSR count). The first-order valence-electron chi connectivity index (χ1n) is 7.90. The summed E-state index contributed by atoms with van der Waals surface area (Å²) in [7, 11) is 0. The molecule has 2 unspecified atom stereocenters. The van der Waals surface area contributed by atoms with Crippen molar-refractivity contribution in [3.8, 4) is 0 Å². The van der Waals surface area contributed by atoms with E-state index in [1.807, 2.05) is 23.1 Å². The number of hydrogen-bond acceptors (Lipinski definition) is 2. The molecule has 1 aromatic carbocycles. The lowest BCUT2D eigenvalue weighted by atomic mass is 10.0. The van der Waals surface area contributed by atoms with E-state index in [0.717, 1.165) is 30.4 Å². The second-order valence-electron chi connectivity index (χ2n) is 5.78. The quantitative estimate of drug-likeness (QED) is 0.842. The van der Waals surface area contributed by atoms with Gasteiger partial charge in [-0.25, -0.2) is 0 Å². The van der Waals surface area contributed by atoms with Gasteiger partial charge in [-0.2, -0.15) is 0 Å². The van der Waals surface area contributed by atoms with Gasteiger partial charge in [0.05, 0.1) is 6.04 Å². The van der Waals surface area contributed by atoms with Gasteiger partial charge in [-0.15, -0.1) is 0 Å². The van der Waals surface area contributed by atoms with E-state index in [0.29, 0.717) is 12.5 Å². The summed E-state index contributed by atoms with van der Waals surface area (Å²) in [6.45, 7) is 6.11. The van der Waals surface area contributed by atoms with Crippen molar-refractivity contribution >= 4 is 21.8 Å². The number of nitrogens with zero attached hydrogens (tertiary/aromatic N) is 1. The van der Waals surface area contributed by atoms with Gasteiger partial charge in [0, 0.05) is 23.5 Å². The number of hydrogen-bond donors (Lipinski definition) is 1. The van der Waals surface area contributed by atoms with E-state index < -0.39 is 0 Å². The highest BCUT2D eigenvalue weighted by Crippen LogP contribution is 2.28. The maximum Gasteiger partial charge on any atom is 0.224 e. The third-order valence-corrected chi connectivity index (χ3v) is 4.91. The standard InChI is InChI=1S/C17H25BrN2O/c1-3-11-20(17(21)12-14-7-6-10-19-14)13(2)15-8-4-5-9-16(15)18/h4-5,8-9,13-14,19H,3,6-7,10-12H2,1-2H3. The Bertz CT molecular complexity index is 472. The Balaban J connectivity index is 2.09. The third kappa shape index (κ3) is 4.30. The SMILES string of the molecule is CCCN(C(=O)CC1CCCN1)C(C)c1ccccc1Br. The molecular weight excluding hydrogens is 328 g/mol. The lowest BCUT2D eigenvalue weighted by Gasteiger charge is -2.31. The zero-order valence-electron chi connectivity index (χ0n) is 12.9. The minimum Gasteiger partial charge on any atom is -0.336 e. The summed E-state index contributed by atoms with van der Waals surface area (Å²) in [6.07, 6.45) is 3.91. The van der Waals surface area contributed by atoms with Crippen LogP contribution in [0.25, 0.3) is 0 Å². The summed E-state index contributed by atoms with van der Waals surface area (Å²) < 4.78 is 1.07. The monoisotopic (exact) mass is 352 g/mol. The summed E-state index contributed by atoms with van der Waals surface area (Å²) >= 11 is 3.60. The summed E-state index contributed by atoms with van der Waals surface area (Å²) in [5.41, 5.74) is 1.18. The van der Waals surface area contributed by atoms with Crippen LogP contribution in [-0.2, 0) is 4.79 Å². The molecule has 1 amide bonds. The first-order chi connectivity index (χ1) is 10.1. The zero-order chi connectivity index (χ0) is 15.2. The van der Waals surface area contributed by atoms with Crippen molar-refractivity contribution in [2.24, 2.45) is 0 Å². The number of carbonyl (C=O) groups excluding carboxylic acids is 1. The average Bonchev–Trinajstić information content (AvgIpc) is 2.97. The number of amides is 1. The molecule has 0 radical (unpaired) electrons. The van der Waals surface area contributed by atoms with E-state index in [1.54, 1.807) is 0 Å². The smallest absolute Gasteiger partial charge is 0.224 e. The minimum absolute atomic E-state index is 0.106. The van der Waals surface area contributed by atoms with Crippen molar-refractivity contribution in [3.63, 3.8) is 0 Å². The van der Waals surface area contributed by atoms with E-state index in [-0.39, 0.29) is 11.9 Å². The molecule has 0 saturated carbocycles. The number of benzene rings is 1. The van der Waals surface area contributed by atoms with Crippen molar-refractivity contribution in [1.29, 1.82) is 0 Å². The molecule has 0 aromatic heterocycles. The van der Waals surface area contributed by atoms with Crippen molar-refractivity contribution in [1.82, 2.24) is 10.2 Å². The van der Waals surface area contributed by atoms with Crippen LogP contribution < -0.4 is 5.32 Å². The molecule has 0 aliphatic carbocycles. The first-order valence-corrected chi connectivity index (χ1v) is 8.70. The fourth-order valence-corrected chi connectivity index (χ4v) is 3.63. The van der Waals surface area contributed by atoms with E-state index in [4.69, 9.17) is 0 Å². The zero-order valence-corrected chi connectivity index (χ0v) is 14.5. The highest BCUT2D eigenvalue weighted by molar-refractivity contribution is 9.10. The van der Waals surface area contributed by atoms with Crippen LogP contribution in [0.3, 0.4) is 0 Å². The maximum absolute atomic E-state index is 12.7. The van der Waals surface area contributed by atoms with Crippen LogP contribution in [0.5, 0.6) is 0 Å². The van der Waals surface area contributed by atoms with Crippen molar-refractivity contribution in [2.75, 3.05) is 13.1 Å². The maximum atomic E-state index is 12.7. The van der Waals surface area contributed by atoms with Gasteiger partial charge in [0.2, 0.25) is 5.91 Å². The molecule has 2 atom stereocenters. The normalized spacial score (nSPS) is 19.5. The van der Waals surface area contributed by atoms with Gasteiger partial charge < -0.3 is 10.2 Å². The molecule has 1 aromatic rings. The molecule has 3 nitrogen and oxygen atoms in total. The van der Waals surface area contributed by atoms with Gasteiger partial charge in [0.15, 0.2) is 0 Å². The van der Waals surface area contributed by atoms with Crippen LogP contribution in [-0.4, -0.2) is 29.9 Å². The highest BCUT2D eigenvalue weighted by atomic mass is 79.9. The van der Waals surface area contributed by atoms with E-state index in [9.17, 15) is 4.79 Å². The topological polar surface area (TPSA) is 32.3 Å². The summed E-state index contributed by atoms with van der Waals surface area (Å²) in [6, 6.07) is 8.65. The molecule has 0 bridgehead atoms. The van der Waals surface area contributed by atoms with Gasteiger partial charge in [-0.05, 0) is 44.4 Å². The van der Waals surface area contributed by atoms with Crippen molar-refractivity contribution in [2.45, 2.75) is 51.6 Å². The number of carbonyl (C=O) groups is 1. The first kappa shape index (κ1) is 16.5. The molecule has 0 spiro atoms. The Hall–Kier alpha value is -0.870. The molecule has 116 valence electrons. The highest BCUT2D eigenvalue weighted by Gasteiger charge is 2.25. The predicted molar refractivity (Wildman–Crippen MR) is 90.2 cm³/mol. The molecule has 1 fully saturated rings.